The molecule has 0 aliphatic heterocycles. The summed E-state index contributed by atoms with van der Waals surface area (Å²) in [6.07, 6.45) is 4.21. The van der Waals surface area contributed by atoms with Crippen LogP contribution in [-0.4, -0.2) is 37.4 Å². The topological polar surface area (TPSA) is 123 Å². The lowest BCUT2D eigenvalue weighted by Gasteiger charge is -2.14. The van der Waals surface area contributed by atoms with Crippen LogP contribution in [0, 0.1) is 20.8 Å². The summed E-state index contributed by atoms with van der Waals surface area (Å²) >= 11 is 0. The van der Waals surface area contributed by atoms with Gasteiger partial charge in [-0.05, 0) is 81.1 Å². The number of pyridine rings is 1. The van der Waals surface area contributed by atoms with Crippen LogP contribution in [-0.2, 0) is 20.8 Å². The van der Waals surface area contributed by atoms with E-state index in [1.54, 1.807) is 46.4 Å². The maximum absolute atomic E-state index is 10.8. The molecule has 8 nitrogen and oxygen atoms in total. The van der Waals surface area contributed by atoms with Crippen molar-refractivity contribution in [3.05, 3.63) is 77.5 Å². The van der Waals surface area contributed by atoms with Gasteiger partial charge < -0.3 is 18.8 Å². The molecule has 1 fully saturated rings. The molecule has 5 rings (SSSR count). The summed E-state index contributed by atoms with van der Waals surface area (Å²) in [7, 11) is -1.26. The number of aromatic nitrogens is 1. The molecule has 0 bridgehead atoms. The molecule has 0 radical (unpaired) electrons. The lowest BCUT2D eigenvalue weighted by Crippen LogP contribution is -2.36. The monoisotopic (exact) mass is 568 g/mol. The fourth-order valence-electron chi connectivity index (χ4n) is 4.40. The van der Waals surface area contributed by atoms with E-state index >= 15 is 0 Å². The van der Waals surface area contributed by atoms with Gasteiger partial charge in [0, 0.05) is 17.6 Å². The van der Waals surface area contributed by atoms with Crippen LogP contribution in [0.2, 0.25) is 0 Å². The molecule has 3 aromatic carbocycles. The first kappa shape index (κ1) is 28.5. The van der Waals surface area contributed by atoms with Crippen molar-refractivity contribution in [2.75, 3.05) is 14.2 Å². The van der Waals surface area contributed by atoms with Crippen molar-refractivity contribution < 1.29 is 32.0 Å². The molecule has 1 aliphatic rings. The zero-order chi connectivity index (χ0) is 28.3. The fourth-order valence-corrected chi connectivity index (χ4v) is 6.79. The first-order valence-electron chi connectivity index (χ1n) is 12.3. The summed E-state index contributed by atoms with van der Waals surface area (Å²) in [6.45, 7) is 5.12. The van der Waals surface area contributed by atoms with Gasteiger partial charge in [0.1, 0.15) is 21.6 Å². The lowest BCUT2D eigenvalue weighted by atomic mass is 10.1. The minimum atomic E-state index is -4.33. The van der Waals surface area contributed by atoms with E-state index in [0.29, 0.717) is 27.9 Å². The van der Waals surface area contributed by atoms with Gasteiger partial charge in [-0.25, -0.2) is 13.2 Å². The number of hydrogen-bond acceptors (Lipinski definition) is 7. The molecule has 39 heavy (non-hydrogen) atoms. The van der Waals surface area contributed by atoms with E-state index in [-0.39, 0.29) is 15.6 Å². The summed E-state index contributed by atoms with van der Waals surface area (Å²) in [4.78, 5) is 5.50. The van der Waals surface area contributed by atoms with Gasteiger partial charge in [-0.2, -0.15) is 0 Å². The van der Waals surface area contributed by atoms with Gasteiger partial charge in [-0.3, -0.25) is 4.98 Å². The normalized spacial score (nSPS) is 13.8. The summed E-state index contributed by atoms with van der Waals surface area (Å²) in [5, 5.41) is 1.53. The highest BCUT2D eigenvalue weighted by Gasteiger charge is 2.30. The van der Waals surface area contributed by atoms with E-state index in [1.807, 2.05) is 37.3 Å². The van der Waals surface area contributed by atoms with Crippen LogP contribution in [0.3, 0.4) is 0 Å². The van der Waals surface area contributed by atoms with Crippen molar-refractivity contribution in [3.63, 3.8) is 0 Å². The molecule has 0 saturated heterocycles. The van der Waals surface area contributed by atoms with Gasteiger partial charge in [0.25, 0.3) is 0 Å². The Hall–Kier alpha value is -3.47. The average molecular weight is 569 g/mol. The highest BCUT2D eigenvalue weighted by Crippen LogP contribution is 2.37. The van der Waals surface area contributed by atoms with E-state index in [4.69, 9.17) is 19.0 Å². The van der Waals surface area contributed by atoms with Crippen molar-refractivity contribution in [2.45, 2.75) is 48.7 Å². The number of aryl methyl sites for hydroxylation is 3. The Morgan fingerprint density at radius 1 is 0.897 bits per heavy atom. The number of rotatable bonds is 7. The summed E-state index contributed by atoms with van der Waals surface area (Å²) < 4.78 is 55.6. The van der Waals surface area contributed by atoms with Gasteiger partial charge >= 0.3 is 0 Å². The predicted molar refractivity (Wildman–Crippen MR) is 151 cm³/mol. The number of hydrogen-bond donors (Lipinski definition) is 1. The Bertz CT molecular complexity index is 1610. The Kier molecular flexibility index (Phi) is 8.58. The first-order chi connectivity index (χ1) is 18.5. The third kappa shape index (κ3) is 6.76. The molecule has 1 saturated carbocycles. The van der Waals surface area contributed by atoms with E-state index in [9.17, 15) is 13.0 Å². The summed E-state index contributed by atoms with van der Waals surface area (Å²) in [5.41, 5.74) is 2.79. The smallest absolute Gasteiger partial charge is 0.162 e. The molecule has 0 spiro atoms. The second kappa shape index (κ2) is 11.7. The number of nitrogens with two attached hydrogens (primary N) is 1. The molecule has 1 aromatic heterocycles. The van der Waals surface area contributed by atoms with Crippen molar-refractivity contribution in [1.82, 2.24) is 4.98 Å². The predicted octanol–water partition coefficient (Wildman–Crippen LogP) is 4.64. The van der Waals surface area contributed by atoms with Crippen molar-refractivity contribution in [2.24, 2.45) is 0 Å². The molecule has 1 aliphatic carbocycles. The molecule has 1 atom stereocenters. The molecule has 1 heterocycles. The van der Waals surface area contributed by atoms with Crippen LogP contribution in [0.15, 0.2) is 70.6 Å². The number of ether oxygens (including phenoxy) is 3. The second-order valence-electron chi connectivity index (χ2n) is 9.36. The highest BCUT2D eigenvalue weighted by molar-refractivity contribution is 7.86. The van der Waals surface area contributed by atoms with Gasteiger partial charge in [0.2, 0.25) is 0 Å². The third-order valence-corrected chi connectivity index (χ3v) is 9.42. The molecule has 1 unspecified atom stereocenters. The van der Waals surface area contributed by atoms with Crippen LogP contribution < -0.4 is 19.0 Å². The fraction of sp³-hybridized carbons (Fsp3) is 0.276. The maximum Gasteiger partial charge on any atom is 0.162 e. The van der Waals surface area contributed by atoms with Crippen molar-refractivity contribution in [1.29, 1.82) is 0 Å². The SMILES string of the molecule is COc1cc2nccc(Oc3ccc(S(=[NH2+])C4CC4)cc3)c2cc1OC.Cc1cc(C)c(S(=O)(=O)[O-])c(C)c1. The van der Waals surface area contributed by atoms with E-state index in [2.05, 4.69) is 17.1 Å². The minimum absolute atomic E-state index is 0.0851. The largest absolute Gasteiger partial charge is 0.744 e. The molecular formula is C29H32N2O6S2. The quantitative estimate of drug-likeness (QED) is 0.322. The zero-order valence-electron chi connectivity index (χ0n) is 22.6. The van der Waals surface area contributed by atoms with Gasteiger partial charge in [-0.15, -0.1) is 0 Å². The van der Waals surface area contributed by atoms with Crippen LogP contribution in [0.4, 0.5) is 0 Å². The van der Waals surface area contributed by atoms with E-state index < -0.39 is 10.1 Å². The molecule has 4 aromatic rings. The average Bonchev–Trinajstić information content (AvgIpc) is 3.73. The van der Waals surface area contributed by atoms with Gasteiger partial charge in [-0.1, -0.05) is 17.7 Å². The third-order valence-electron chi connectivity index (χ3n) is 6.27. The summed E-state index contributed by atoms with van der Waals surface area (Å²) in [6, 6.07) is 17.0. The number of benzene rings is 3. The van der Waals surface area contributed by atoms with E-state index in [0.717, 1.165) is 28.0 Å². The van der Waals surface area contributed by atoms with Gasteiger partial charge in [0.15, 0.2) is 11.5 Å². The molecule has 10 heteroatoms. The molecule has 206 valence electrons. The maximum atomic E-state index is 10.8. The number of fused-ring (bicyclic) bond motifs is 1. The van der Waals surface area contributed by atoms with Crippen molar-refractivity contribution in [3.8, 4) is 23.0 Å². The van der Waals surface area contributed by atoms with E-state index in [1.165, 1.54) is 17.7 Å². The second-order valence-corrected chi connectivity index (χ2v) is 12.6. The van der Waals surface area contributed by atoms with Crippen LogP contribution >= 0.6 is 0 Å². The Morgan fingerprint density at radius 2 is 1.49 bits per heavy atom. The molecule has 0 amide bonds. The van der Waals surface area contributed by atoms with Crippen LogP contribution in [0.1, 0.15) is 29.5 Å². The molecular weight excluding hydrogens is 536 g/mol. The Labute approximate surface area is 231 Å². The standard InChI is InChI=1S/C20H20N2O3S.C9H12O3S/c1-23-19-11-16-17(12-20(19)24-2)22-10-9-18(16)25-13-3-5-14(6-4-13)26(21)15-7-8-15;1-6-4-7(2)9(8(3)5-6)13(10,11)12/h3-6,9-12,15,21H,7-8H2,1-2H3;4-5H,1-3H3,(H,10,11,12). The molecule has 2 N–H and O–H groups in total. The first-order valence-corrected chi connectivity index (χ1v) is 15.1. The van der Waals surface area contributed by atoms with Crippen molar-refractivity contribution >= 4 is 31.7 Å². The Balaban J connectivity index is 0.000000229. The van der Waals surface area contributed by atoms with Crippen LogP contribution in [0.25, 0.3) is 10.9 Å². The Morgan fingerprint density at radius 3 is 2.03 bits per heavy atom. The van der Waals surface area contributed by atoms with Gasteiger partial charge in [0.05, 0.1) is 45.5 Å². The summed E-state index contributed by atoms with van der Waals surface area (Å²) in [5.74, 6) is 2.77. The highest BCUT2D eigenvalue weighted by atomic mass is 32.2. The zero-order valence-corrected chi connectivity index (χ0v) is 24.2. The van der Waals surface area contributed by atoms with Crippen LogP contribution in [0.5, 0.6) is 23.0 Å². The number of nitrogens with zero attached hydrogens (tertiary/aromatic N) is 1. The lowest BCUT2D eigenvalue weighted by molar-refractivity contribution is -0.0760. The minimum Gasteiger partial charge on any atom is -0.744 e. The number of methoxy groups -OCH3 is 2.